The van der Waals surface area contributed by atoms with Crippen LogP contribution in [0.4, 0.5) is 5.69 Å². The van der Waals surface area contributed by atoms with Gasteiger partial charge in [-0.05, 0) is 42.5 Å². The quantitative estimate of drug-likeness (QED) is 0.693. The van der Waals surface area contributed by atoms with Gasteiger partial charge in [0.05, 0.1) is 11.9 Å². The van der Waals surface area contributed by atoms with E-state index in [2.05, 4.69) is 5.10 Å². The summed E-state index contributed by atoms with van der Waals surface area (Å²) in [6.07, 6.45) is 7.26. The lowest BCUT2D eigenvalue weighted by atomic mass is 10.1. The molecule has 0 spiro atoms. The summed E-state index contributed by atoms with van der Waals surface area (Å²) in [5.74, 6) is 0.688. The molecule has 1 unspecified atom stereocenters. The fourth-order valence-corrected chi connectivity index (χ4v) is 3.15. The fourth-order valence-electron chi connectivity index (χ4n) is 3.15. The summed E-state index contributed by atoms with van der Waals surface area (Å²) in [7, 11) is 0. The Morgan fingerprint density at radius 2 is 2.00 bits per heavy atom. The molecule has 0 aliphatic carbocycles. The number of ether oxygens (including phenoxy) is 2. The zero-order valence-corrected chi connectivity index (χ0v) is 14.7. The molecule has 0 bridgehead atoms. The topological polar surface area (TPSA) is 62.3 Å². The third-order valence-electron chi connectivity index (χ3n) is 4.64. The molecule has 1 aliphatic heterocycles. The number of anilines is 1. The van der Waals surface area contributed by atoms with E-state index in [0.29, 0.717) is 18.0 Å². The van der Waals surface area contributed by atoms with E-state index in [1.54, 1.807) is 0 Å². The SMILES string of the molecule is Nc1ccc(-c2cnn(C3CCCCO3)c2)cc1OCc1ccccc1. The van der Waals surface area contributed by atoms with Gasteiger partial charge >= 0.3 is 0 Å². The normalized spacial score (nSPS) is 17.2. The molecule has 1 aromatic heterocycles. The molecular formula is C21H23N3O2. The lowest BCUT2D eigenvalue weighted by Gasteiger charge is -2.22. The van der Waals surface area contributed by atoms with Crippen LogP contribution in [-0.4, -0.2) is 16.4 Å². The van der Waals surface area contributed by atoms with Gasteiger partial charge in [-0.3, -0.25) is 0 Å². The Kier molecular flexibility index (Phi) is 4.88. The van der Waals surface area contributed by atoms with Crippen molar-refractivity contribution in [1.82, 2.24) is 9.78 Å². The van der Waals surface area contributed by atoms with Gasteiger partial charge in [-0.1, -0.05) is 36.4 Å². The van der Waals surface area contributed by atoms with Crippen molar-refractivity contribution in [3.8, 4) is 16.9 Å². The highest BCUT2D eigenvalue weighted by Gasteiger charge is 2.17. The van der Waals surface area contributed by atoms with Crippen LogP contribution in [0.25, 0.3) is 11.1 Å². The smallest absolute Gasteiger partial charge is 0.150 e. The van der Waals surface area contributed by atoms with Crippen LogP contribution in [0.1, 0.15) is 31.1 Å². The molecule has 1 atom stereocenters. The predicted molar refractivity (Wildman–Crippen MR) is 102 cm³/mol. The largest absolute Gasteiger partial charge is 0.487 e. The van der Waals surface area contributed by atoms with Crippen LogP contribution in [0.3, 0.4) is 0 Å². The van der Waals surface area contributed by atoms with Crippen molar-refractivity contribution in [1.29, 1.82) is 0 Å². The van der Waals surface area contributed by atoms with E-state index in [1.807, 2.05) is 65.6 Å². The van der Waals surface area contributed by atoms with Crippen LogP contribution in [0.15, 0.2) is 60.9 Å². The van der Waals surface area contributed by atoms with E-state index in [0.717, 1.165) is 36.1 Å². The maximum Gasteiger partial charge on any atom is 0.150 e. The highest BCUT2D eigenvalue weighted by molar-refractivity contribution is 5.69. The minimum atomic E-state index is 0.0417. The highest BCUT2D eigenvalue weighted by atomic mass is 16.5. The van der Waals surface area contributed by atoms with E-state index in [4.69, 9.17) is 15.2 Å². The van der Waals surface area contributed by atoms with Gasteiger partial charge in [0.1, 0.15) is 18.6 Å². The summed E-state index contributed by atoms with van der Waals surface area (Å²) in [6.45, 7) is 1.29. The molecular weight excluding hydrogens is 326 g/mol. The first-order chi connectivity index (χ1) is 12.8. The summed E-state index contributed by atoms with van der Waals surface area (Å²) >= 11 is 0. The molecule has 2 aromatic carbocycles. The molecule has 0 saturated carbocycles. The predicted octanol–water partition coefficient (Wildman–Crippen LogP) is 4.41. The van der Waals surface area contributed by atoms with Crippen LogP contribution < -0.4 is 10.5 Å². The first kappa shape index (κ1) is 16.7. The molecule has 2 N–H and O–H groups in total. The van der Waals surface area contributed by atoms with Crippen molar-refractivity contribution in [2.24, 2.45) is 0 Å². The van der Waals surface area contributed by atoms with Crippen molar-refractivity contribution in [2.45, 2.75) is 32.1 Å². The maximum atomic E-state index is 6.09. The van der Waals surface area contributed by atoms with Crippen LogP contribution in [0, 0.1) is 0 Å². The Labute approximate surface area is 153 Å². The number of nitrogens with zero attached hydrogens (tertiary/aromatic N) is 2. The molecule has 0 amide bonds. The number of hydrogen-bond acceptors (Lipinski definition) is 4. The van der Waals surface area contributed by atoms with E-state index in [1.165, 1.54) is 6.42 Å². The number of nitrogens with two attached hydrogens (primary N) is 1. The Morgan fingerprint density at radius 1 is 1.12 bits per heavy atom. The minimum absolute atomic E-state index is 0.0417. The molecule has 1 aliphatic rings. The average Bonchev–Trinajstić information content (AvgIpc) is 3.19. The molecule has 5 nitrogen and oxygen atoms in total. The van der Waals surface area contributed by atoms with Crippen molar-refractivity contribution in [3.63, 3.8) is 0 Å². The summed E-state index contributed by atoms with van der Waals surface area (Å²) in [4.78, 5) is 0. The molecule has 1 saturated heterocycles. The van der Waals surface area contributed by atoms with E-state index in [-0.39, 0.29) is 6.23 Å². The molecule has 2 heterocycles. The summed E-state index contributed by atoms with van der Waals surface area (Å²) in [6, 6.07) is 15.9. The fraction of sp³-hybridized carbons (Fsp3) is 0.286. The summed E-state index contributed by atoms with van der Waals surface area (Å²) in [5.41, 5.74) is 9.89. The summed E-state index contributed by atoms with van der Waals surface area (Å²) in [5, 5.41) is 4.48. The number of nitrogen functional groups attached to an aromatic ring is 1. The van der Waals surface area contributed by atoms with Crippen LogP contribution in [0.5, 0.6) is 5.75 Å². The number of aromatic nitrogens is 2. The second-order valence-corrected chi connectivity index (χ2v) is 6.56. The zero-order chi connectivity index (χ0) is 17.8. The average molecular weight is 349 g/mol. The third-order valence-corrected chi connectivity index (χ3v) is 4.64. The molecule has 4 rings (SSSR count). The van der Waals surface area contributed by atoms with Gasteiger partial charge in [-0.15, -0.1) is 0 Å². The summed E-state index contributed by atoms with van der Waals surface area (Å²) < 4.78 is 13.6. The highest BCUT2D eigenvalue weighted by Crippen LogP contribution is 2.31. The van der Waals surface area contributed by atoms with Gasteiger partial charge in [0.15, 0.2) is 0 Å². The van der Waals surface area contributed by atoms with Crippen LogP contribution in [0.2, 0.25) is 0 Å². The second kappa shape index (κ2) is 7.62. The van der Waals surface area contributed by atoms with E-state index < -0.39 is 0 Å². The lowest BCUT2D eigenvalue weighted by molar-refractivity contribution is -0.0394. The first-order valence-electron chi connectivity index (χ1n) is 9.02. The Hall–Kier alpha value is -2.79. The monoisotopic (exact) mass is 349 g/mol. The number of hydrogen-bond donors (Lipinski definition) is 1. The standard InChI is InChI=1S/C21H23N3O2/c22-19-10-9-17(12-20(19)26-15-16-6-2-1-3-7-16)18-13-23-24(14-18)21-8-4-5-11-25-21/h1-3,6-7,9-10,12-14,21H,4-5,8,11,15,22H2. The van der Waals surface area contributed by atoms with Gasteiger partial charge in [-0.2, -0.15) is 5.10 Å². The van der Waals surface area contributed by atoms with Crippen molar-refractivity contribution in [2.75, 3.05) is 12.3 Å². The lowest BCUT2D eigenvalue weighted by Crippen LogP contribution is -2.18. The van der Waals surface area contributed by atoms with Gasteiger partial charge in [0.2, 0.25) is 0 Å². The number of rotatable bonds is 5. The maximum absolute atomic E-state index is 6.09. The molecule has 134 valence electrons. The Bertz CT molecular complexity index is 855. The van der Waals surface area contributed by atoms with Gasteiger partial charge in [0, 0.05) is 18.4 Å². The van der Waals surface area contributed by atoms with Crippen LogP contribution >= 0.6 is 0 Å². The van der Waals surface area contributed by atoms with Crippen LogP contribution in [-0.2, 0) is 11.3 Å². The molecule has 1 fully saturated rings. The van der Waals surface area contributed by atoms with Gasteiger partial charge in [-0.25, -0.2) is 4.68 Å². The first-order valence-corrected chi connectivity index (χ1v) is 9.02. The van der Waals surface area contributed by atoms with Gasteiger partial charge in [0.25, 0.3) is 0 Å². The van der Waals surface area contributed by atoms with E-state index >= 15 is 0 Å². The number of benzene rings is 2. The van der Waals surface area contributed by atoms with Crippen molar-refractivity contribution in [3.05, 3.63) is 66.5 Å². The molecule has 3 aromatic rings. The Balaban J connectivity index is 1.51. The third kappa shape index (κ3) is 3.73. The minimum Gasteiger partial charge on any atom is -0.487 e. The van der Waals surface area contributed by atoms with Gasteiger partial charge < -0.3 is 15.2 Å². The van der Waals surface area contributed by atoms with Crippen molar-refractivity contribution >= 4 is 5.69 Å². The molecule has 0 radical (unpaired) electrons. The van der Waals surface area contributed by atoms with E-state index in [9.17, 15) is 0 Å². The van der Waals surface area contributed by atoms with Crippen molar-refractivity contribution < 1.29 is 9.47 Å². The molecule has 5 heteroatoms. The Morgan fingerprint density at radius 3 is 2.81 bits per heavy atom. The zero-order valence-electron chi connectivity index (χ0n) is 14.7. The molecule has 26 heavy (non-hydrogen) atoms. The second-order valence-electron chi connectivity index (χ2n) is 6.56.